The van der Waals surface area contributed by atoms with Crippen molar-refractivity contribution in [3.8, 4) is 5.75 Å². The molecule has 0 aromatic heterocycles. The lowest BCUT2D eigenvalue weighted by Crippen LogP contribution is -2.47. The lowest BCUT2D eigenvalue weighted by molar-refractivity contribution is -0.126. The Bertz CT molecular complexity index is 1100. The number of nitrogens with zero attached hydrogens (tertiary/aromatic N) is 1. The lowest BCUT2D eigenvalue weighted by Gasteiger charge is -2.45. The summed E-state index contributed by atoms with van der Waals surface area (Å²) >= 11 is 0. The Kier molecular flexibility index (Phi) is 6.87. The summed E-state index contributed by atoms with van der Waals surface area (Å²) in [7, 11) is 1.67. The van der Waals surface area contributed by atoms with E-state index in [1.165, 1.54) is 11.1 Å². The van der Waals surface area contributed by atoms with Crippen molar-refractivity contribution in [3.05, 3.63) is 102 Å². The number of benzene rings is 3. The van der Waals surface area contributed by atoms with Crippen LogP contribution in [0.2, 0.25) is 0 Å². The van der Waals surface area contributed by atoms with E-state index < -0.39 is 0 Å². The largest absolute Gasteiger partial charge is 0.496 e. The third-order valence-electron chi connectivity index (χ3n) is 7.64. The van der Waals surface area contributed by atoms with Crippen LogP contribution in [0, 0.1) is 17.2 Å². The lowest BCUT2D eigenvalue weighted by atomic mass is 9.56. The molecule has 1 saturated carbocycles. The number of nitrogens with one attached hydrogen (secondary N) is 1. The standard InChI is InChI=1S/C29H30N2O2.CH4/c1-33-27-15-9-8-10-21(27)18-28(30)31-19-24-25(20-31)29(17-16-26(24)32,22-11-4-2-5-12-22)23-13-6-3-7-14-23;/h2-15,24-25,30H,16-20H2,1H3;1H4/t24-,25+;/m0./s1. The second kappa shape index (κ2) is 9.84. The zero-order chi connectivity index (χ0) is 22.8. The molecule has 5 rings (SSSR count). The predicted molar refractivity (Wildman–Crippen MR) is 138 cm³/mol. The average Bonchev–Trinajstić information content (AvgIpc) is 3.33. The van der Waals surface area contributed by atoms with Crippen molar-refractivity contribution in [3.63, 3.8) is 0 Å². The summed E-state index contributed by atoms with van der Waals surface area (Å²) in [4.78, 5) is 15.3. The second-order valence-corrected chi connectivity index (χ2v) is 9.22. The van der Waals surface area contributed by atoms with E-state index in [4.69, 9.17) is 10.1 Å². The number of likely N-dealkylation sites (tertiary alicyclic amines) is 1. The molecule has 34 heavy (non-hydrogen) atoms. The molecule has 2 fully saturated rings. The van der Waals surface area contributed by atoms with E-state index in [2.05, 4.69) is 65.6 Å². The number of carbonyl (C=O) groups is 1. The van der Waals surface area contributed by atoms with Gasteiger partial charge in [0, 0.05) is 48.7 Å². The minimum Gasteiger partial charge on any atom is -0.496 e. The monoisotopic (exact) mass is 454 g/mol. The van der Waals surface area contributed by atoms with Gasteiger partial charge in [0.25, 0.3) is 0 Å². The van der Waals surface area contributed by atoms with Gasteiger partial charge in [0.2, 0.25) is 0 Å². The van der Waals surface area contributed by atoms with Crippen LogP contribution < -0.4 is 4.74 Å². The molecule has 3 aromatic carbocycles. The van der Waals surface area contributed by atoms with E-state index in [9.17, 15) is 4.79 Å². The van der Waals surface area contributed by atoms with Crippen molar-refractivity contribution in [1.29, 1.82) is 5.41 Å². The molecule has 2 aliphatic rings. The van der Waals surface area contributed by atoms with Gasteiger partial charge in [-0.05, 0) is 23.6 Å². The second-order valence-electron chi connectivity index (χ2n) is 9.22. The van der Waals surface area contributed by atoms with Gasteiger partial charge in [0.05, 0.1) is 7.11 Å². The van der Waals surface area contributed by atoms with Crippen LogP contribution in [-0.2, 0) is 16.6 Å². The first-order valence-corrected chi connectivity index (χ1v) is 11.7. The van der Waals surface area contributed by atoms with E-state index in [0.29, 0.717) is 37.6 Å². The Morgan fingerprint density at radius 2 is 1.53 bits per heavy atom. The molecule has 1 aliphatic heterocycles. The highest BCUT2D eigenvalue weighted by molar-refractivity contribution is 5.87. The maximum atomic E-state index is 13.1. The van der Waals surface area contributed by atoms with E-state index in [1.54, 1.807) is 7.11 Å². The van der Waals surface area contributed by atoms with Crippen molar-refractivity contribution in [2.45, 2.75) is 32.1 Å². The molecule has 0 unspecified atom stereocenters. The summed E-state index contributed by atoms with van der Waals surface area (Å²) in [5.41, 5.74) is 3.33. The fraction of sp³-hybridized carbons (Fsp3) is 0.333. The van der Waals surface area contributed by atoms with Crippen LogP contribution in [0.3, 0.4) is 0 Å². The minimum absolute atomic E-state index is 0. The number of rotatable bonds is 5. The Balaban J connectivity index is 0.00000274. The summed E-state index contributed by atoms with van der Waals surface area (Å²) in [6.07, 6.45) is 1.90. The topological polar surface area (TPSA) is 53.4 Å². The number of para-hydroxylation sites is 1. The number of fused-ring (bicyclic) bond motifs is 1. The first kappa shape index (κ1) is 23.7. The third-order valence-corrected chi connectivity index (χ3v) is 7.64. The number of amidine groups is 1. The number of ether oxygens (including phenoxy) is 1. The highest BCUT2D eigenvalue weighted by atomic mass is 16.5. The molecule has 0 spiro atoms. The molecule has 4 nitrogen and oxygen atoms in total. The molecule has 0 radical (unpaired) electrons. The van der Waals surface area contributed by atoms with E-state index in [-0.39, 0.29) is 24.7 Å². The quantitative estimate of drug-likeness (QED) is 0.395. The Morgan fingerprint density at radius 1 is 0.941 bits per heavy atom. The molecule has 1 aliphatic carbocycles. The molecule has 1 heterocycles. The zero-order valence-corrected chi connectivity index (χ0v) is 19.0. The molecular weight excluding hydrogens is 420 g/mol. The average molecular weight is 455 g/mol. The number of hydrogen-bond acceptors (Lipinski definition) is 3. The van der Waals surface area contributed by atoms with Crippen LogP contribution in [0.5, 0.6) is 5.75 Å². The van der Waals surface area contributed by atoms with Gasteiger partial charge < -0.3 is 9.64 Å². The molecule has 1 N–H and O–H groups in total. The van der Waals surface area contributed by atoms with Crippen molar-refractivity contribution >= 4 is 11.6 Å². The Labute approximate surface area is 203 Å². The van der Waals surface area contributed by atoms with Crippen LogP contribution in [0.25, 0.3) is 0 Å². The summed E-state index contributed by atoms with van der Waals surface area (Å²) in [5, 5.41) is 8.91. The molecule has 3 aromatic rings. The maximum absolute atomic E-state index is 13.1. The predicted octanol–water partition coefficient (Wildman–Crippen LogP) is 5.75. The van der Waals surface area contributed by atoms with Gasteiger partial charge in [-0.1, -0.05) is 86.3 Å². The SMILES string of the molecule is C.COc1ccccc1CC(=N)N1C[C@@H]2C(=O)CCC(c3ccccc3)(c3ccccc3)[C@@H]2C1. The molecule has 1 saturated heterocycles. The van der Waals surface area contributed by atoms with Crippen molar-refractivity contribution in [2.24, 2.45) is 11.8 Å². The first-order valence-electron chi connectivity index (χ1n) is 11.7. The zero-order valence-electron chi connectivity index (χ0n) is 19.0. The molecule has 0 bridgehead atoms. The third kappa shape index (κ3) is 4.02. The number of methoxy groups -OCH3 is 1. The van der Waals surface area contributed by atoms with Crippen LogP contribution >= 0.6 is 0 Å². The van der Waals surface area contributed by atoms with Gasteiger partial charge in [-0.3, -0.25) is 10.2 Å². The maximum Gasteiger partial charge on any atom is 0.138 e. The highest BCUT2D eigenvalue weighted by Gasteiger charge is 2.54. The van der Waals surface area contributed by atoms with Crippen LogP contribution in [0.4, 0.5) is 0 Å². The number of ketones is 1. The fourth-order valence-electron chi connectivity index (χ4n) is 6.04. The Hall–Kier alpha value is -3.40. The van der Waals surface area contributed by atoms with Crippen LogP contribution in [0.1, 0.15) is 37.0 Å². The van der Waals surface area contributed by atoms with E-state index >= 15 is 0 Å². The molecule has 2 atom stereocenters. The van der Waals surface area contributed by atoms with Gasteiger partial charge >= 0.3 is 0 Å². The summed E-state index contributed by atoms with van der Waals surface area (Å²) in [6, 6.07) is 29.2. The molecule has 0 amide bonds. The fourth-order valence-corrected chi connectivity index (χ4v) is 6.04. The van der Waals surface area contributed by atoms with Gasteiger partial charge in [-0.25, -0.2) is 0 Å². The Morgan fingerprint density at radius 3 is 2.15 bits per heavy atom. The number of carbonyl (C=O) groups excluding carboxylic acids is 1. The van der Waals surface area contributed by atoms with Crippen molar-refractivity contribution < 1.29 is 9.53 Å². The molecule has 176 valence electrons. The van der Waals surface area contributed by atoms with Crippen molar-refractivity contribution in [2.75, 3.05) is 20.2 Å². The normalized spacial score (nSPS) is 20.9. The highest BCUT2D eigenvalue weighted by Crippen LogP contribution is 2.52. The summed E-state index contributed by atoms with van der Waals surface area (Å²) < 4.78 is 5.50. The summed E-state index contributed by atoms with van der Waals surface area (Å²) in [6.45, 7) is 1.34. The van der Waals surface area contributed by atoms with Crippen molar-refractivity contribution in [1.82, 2.24) is 4.90 Å². The van der Waals surface area contributed by atoms with Gasteiger partial charge in [0.1, 0.15) is 17.4 Å². The van der Waals surface area contributed by atoms with Crippen LogP contribution in [-0.4, -0.2) is 36.7 Å². The number of Topliss-reactive ketones (excluding diaryl/α,β-unsaturated/α-hetero) is 1. The number of hydrogen-bond donors (Lipinski definition) is 1. The molecule has 4 heteroatoms. The van der Waals surface area contributed by atoms with E-state index in [1.807, 2.05) is 24.3 Å². The minimum atomic E-state index is -0.222. The van der Waals surface area contributed by atoms with Crippen LogP contribution in [0.15, 0.2) is 84.9 Å². The smallest absolute Gasteiger partial charge is 0.138 e. The summed E-state index contributed by atoms with van der Waals surface area (Å²) in [5.74, 6) is 1.78. The van der Waals surface area contributed by atoms with Gasteiger partial charge in [-0.15, -0.1) is 0 Å². The molecular formula is C30H34N2O2. The van der Waals surface area contributed by atoms with Gasteiger partial charge in [0.15, 0.2) is 0 Å². The van der Waals surface area contributed by atoms with E-state index in [0.717, 1.165) is 17.7 Å². The first-order chi connectivity index (χ1) is 16.1. The van der Waals surface area contributed by atoms with Gasteiger partial charge in [-0.2, -0.15) is 0 Å².